The number of rotatable bonds is 6. The van der Waals surface area contributed by atoms with Gasteiger partial charge in [0.05, 0.1) is 28.3 Å². The van der Waals surface area contributed by atoms with Crippen molar-refractivity contribution in [3.8, 4) is 17.5 Å². The molecule has 1 aliphatic carbocycles. The molecule has 3 aromatic heterocycles. The first-order valence-electron chi connectivity index (χ1n) is 11.0. The lowest BCUT2D eigenvalue weighted by atomic mass is 9.65. The Morgan fingerprint density at radius 3 is 2.55 bits per heavy atom. The number of methoxy groups -OCH3 is 1. The average Bonchev–Trinajstić information content (AvgIpc) is 2.80. The Bertz CT molecular complexity index is 1360. The second-order valence-corrected chi connectivity index (χ2v) is 8.41. The first-order valence-corrected chi connectivity index (χ1v) is 11.0. The summed E-state index contributed by atoms with van der Waals surface area (Å²) in [6.07, 6.45) is 4.73. The molecule has 5 rings (SSSR count). The van der Waals surface area contributed by atoms with Crippen LogP contribution in [0.1, 0.15) is 36.2 Å². The van der Waals surface area contributed by atoms with Gasteiger partial charge in [0.1, 0.15) is 12.4 Å². The number of nitrogens with one attached hydrogen (secondary N) is 1. The Kier molecular flexibility index (Phi) is 5.45. The van der Waals surface area contributed by atoms with Gasteiger partial charge in [-0.2, -0.15) is 5.26 Å². The molecule has 0 spiro atoms. The van der Waals surface area contributed by atoms with Crippen molar-refractivity contribution in [1.29, 1.82) is 5.26 Å². The summed E-state index contributed by atoms with van der Waals surface area (Å²) in [5.74, 6) is 1.21. The van der Waals surface area contributed by atoms with Crippen molar-refractivity contribution in [2.45, 2.75) is 38.2 Å². The maximum absolute atomic E-state index is 9.61. The standard InChI is InChI=1S/C26H24N6O/c1-17-5-3-14-28-23(17)21-11-10-20-24(31-22(15-33-2)32-25(20)30-21)29-19-8-6-18(7-9-19)26(16-27)12-4-13-26/h3,5-11,14H,4,12-13,15H2,1-2H3,(H,29,30,31,32). The van der Waals surface area contributed by atoms with Gasteiger partial charge in [-0.1, -0.05) is 18.2 Å². The molecule has 1 aromatic carbocycles. The smallest absolute Gasteiger partial charge is 0.165 e. The van der Waals surface area contributed by atoms with Gasteiger partial charge in [-0.3, -0.25) is 4.98 Å². The van der Waals surface area contributed by atoms with E-state index in [4.69, 9.17) is 9.72 Å². The first-order chi connectivity index (χ1) is 16.1. The molecule has 1 fully saturated rings. The topological polar surface area (TPSA) is 96.6 Å². The summed E-state index contributed by atoms with van der Waals surface area (Å²) in [6, 6.07) is 18.4. The summed E-state index contributed by atoms with van der Waals surface area (Å²) in [4.78, 5) is 18.5. The zero-order valence-electron chi connectivity index (χ0n) is 18.7. The molecule has 1 aliphatic rings. The largest absolute Gasteiger partial charge is 0.377 e. The van der Waals surface area contributed by atoms with Crippen molar-refractivity contribution in [2.24, 2.45) is 0 Å². The van der Waals surface area contributed by atoms with E-state index >= 15 is 0 Å². The van der Waals surface area contributed by atoms with Crippen LogP contribution in [0.2, 0.25) is 0 Å². The minimum Gasteiger partial charge on any atom is -0.377 e. The summed E-state index contributed by atoms with van der Waals surface area (Å²) >= 11 is 0. The van der Waals surface area contributed by atoms with Crippen molar-refractivity contribution in [1.82, 2.24) is 19.9 Å². The summed E-state index contributed by atoms with van der Waals surface area (Å²) in [6.45, 7) is 2.30. The minimum absolute atomic E-state index is 0.281. The predicted molar refractivity (Wildman–Crippen MR) is 127 cm³/mol. The van der Waals surface area contributed by atoms with E-state index in [0.717, 1.165) is 52.9 Å². The number of aryl methyl sites for hydroxylation is 1. The Balaban J connectivity index is 1.52. The summed E-state index contributed by atoms with van der Waals surface area (Å²) in [7, 11) is 1.62. The van der Waals surface area contributed by atoms with Gasteiger partial charge in [0.15, 0.2) is 11.5 Å². The maximum Gasteiger partial charge on any atom is 0.165 e. The Labute approximate surface area is 192 Å². The highest BCUT2D eigenvalue weighted by atomic mass is 16.5. The second kappa shape index (κ2) is 8.57. The average molecular weight is 437 g/mol. The van der Waals surface area contributed by atoms with E-state index in [1.54, 1.807) is 13.3 Å². The van der Waals surface area contributed by atoms with Gasteiger partial charge in [-0.15, -0.1) is 0 Å². The molecular formula is C26H24N6O. The monoisotopic (exact) mass is 436 g/mol. The number of pyridine rings is 2. The Morgan fingerprint density at radius 2 is 1.88 bits per heavy atom. The van der Waals surface area contributed by atoms with Gasteiger partial charge in [0.25, 0.3) is 0 Å². The van der Waals surface area contributed by atoms with Crippen molar-refractivity contribution in [3.63, 3.8) is 0 Å². The zero-order chi connectivity index (χ0) is 22.8. The van der Waals surface area contributed by atoms with Gasteiger partial charge in [-0.25, -0.2) is 15.0 Å². The molecule has 7 nitrogen and oxygen atoms in total. The van der Waals surface area contributed by atoms with Crippen molar-refractivity contribution in [2.75, 3.05) is 12.4 Å². The minimum atomic E-state index is -0.324. The number of nitriles is 1. The number of hydrogen-bond acceptors (Lipinski definition) is 7. The molecule has 33 heavy (non-hydrogen) atoms. The fourth-order valence-corrected chi connectivity index (χ4v) is 4.23. The number of hydrogen-bond donors (Lipinski definition) is 1. The number of ether oxygens (including phenoxy) is 1. The van der Waals surface area contributed by atoms with Gasteiger partial charge >= 0.3 is 0 Å². The number of benzene rings is 1. The van der Waals surface area contributed by atoms with E-state index in [1.807, 2.05) is 55.5 Å². The molecule has 0 aliphatic heterocycles. The maximum atomic E-state index is 9.61. The van der Waals surface area contributed by atoms with Crippen LogP contribution in [0.3, 0.4) is 0 Å². The van der Waals surface area contributed by atoms with E-state index in [1.165, 1.54) is 0 Å². The van der Waals surface area contributed by atoms with Gasteiger partial charge in [0.2, 0.25) is 0 Å². The lowest BCUT2D eigenvalue weighted by Crippen LogP contribution is -2.32. The van der Waals surface area contributed by atoms with Crippen LogP contribution in [0.15, 0.2) is 54.7 Å². The molecule has 0 amide bonds. The van der Waals surface area contributed by atoms with E-state index in [0.29, 0.717) is 17.3 Å². The molecule has 0 atom stereocenters. The normalized spacial score (nSPS) is 14.5. The van der Waals surface area contributed by atoms with E-state index in [9.17, 15) is 5.26 Å². The van der Waals surface area contributed by atoms with Crippen LogP contribution in [0.4, 0.5) is 11.5 Å². The summed E-state index contributed by atoms with van der Waals surface area (Å²) in [5, 5.41) is 13.8. The lowest BCUT2D eigenvalue weighted by Gasteiger charge is -2.35. The quantitative estimate of drug-likeness (QED) is 0.442. The van der Waals surface area contributed by atoms with Crippen LogP contribution in [0.5, 0.6) is 0 Å². The van der Waals surface area contributed by atoms with Gasteiger partial charge in [-0.05, 0) is 67.6 Å². The molecule has 4 aromatic rings. The lowest BCUT2D eigenvalue weighted by molar-refractivity contribution is 0.178. The predicted octanol–water partition coefficient (Wildman–Crippen LogP) is 5.23. The van der Waals surface area contributed by atoms with Crippen LogP contribution in [0.25, 0.3) is 22.4 Å². The van der Waals surface area contributed by atoms with Crippen LogP contribution in [0, 0.1) is 18.3 Å². The fraction of sp³-hybridized carbons (Fsp3) is 0.269. The highest BCUT2D eigenvalue weighted by Crippen LogP contribution is 2.43. The molecule has 0 unspecified atom stereocenters. The fourth-order valence-electron chi connectivity index (χ4n) is 4.23. The van der Waals surface area contributed by atoms with Crippen LogP contribution in [-0.2, 0) is 16.8 Å². The van der Waals surface area contributed by atoms with E-state index < -0.39 is 0 Å². The van der Waals surface area contributed by atoms with E-state index in [2.05, 4.69) is 26.3 Å². The third-order valence-electron chi connectivity index (χ3n) is 6.25. The van der Waals surface area contributed by atoms with Gasteiger partial charge in [0, 0.05) is 19.0 Å². The molecule has 1 N–H and O–H groups in total. The summed E-state index contributed by atoms with van der Waals surface area (Å²) in [5.41, 5.74) is 4.87. The molecular weight excluding hydrogens is 412 g/mol. The molecule has 1 saturated carbocycles. The van der Waals surface area contributed by atoms with Gasteiger partial charge < -0.3 is 10.1 Å². The number of anilines is 2. The number of aromatic nitrogens is 4. The molecule has 164 valence electrons. The highest BCUT2D eigenvalue weighted by Gasteiger charge is 2.38. The van der Waals surface area contributed by atoms with Crippen LogP contribution >= 0.6 is 0 Å². The zero-order valence-corrected chi connectivity index (χ0v) is 18.7. The Hall–Kier alpha value is -3.89. The number of nitrogens with zero attached hydrogens (tertiary/aromatic N) is 5. The van der Waals surface area contributed by atoms with Crippen molar-refractivity contribution < 1.29 is 4.74 Å². The molecule has 3 heterocycles. The summed E-state index contributed by atoms with van der Waals surface area (Å²) < 4.78 is 5.28. The van der Waals surface area contributed by atoms with Crippen molar-refractivity contribution >= 4 is 22.5 Å². The van der Waals surface area contributed by atoms with Crippen LogP contribution < -0.4 is 5.32 Å². The molecule has 0 radical (unpaired) electrons. The Morgan fingerprint density at radius 1 is 1.06 bits per heavy atom. The van der Waals surface area contributed by atoms with Crippen molar-refractivity contribution in [3.05, 3.63) is 71.7 Å². The first kappa shape index (κ1) is 21.0. The van der Waals surface area contributed by atoms with Crippen LogP contribution in [-0.4, -0.2) is 27.0 Å². The second-order valence-electron chi connectivity index (χ2n) is 8.41. The van der Waals surface area contributed by atoms with E-state index in [-0.39, 0.29) is 12.0 Å². The SMILES string of the molecule is COCc1nc(Nc2ccc(C3(C#N)CCC3)cc2)c2ccc(-c3ncccc3C)nc2n1. The third kappa shape index (κ3) is 3.90. The number of fused-ring (bicyclic) bond motifs is 1. The highest BCUT2D eigenvalue weighted by molar-refractivity contribution is 5.90. The third-order valence-corrected chi connectivity index (χ3v) is 6.25. The molecule has 0 saturated heterocycles. The molecule has 0 bridgehead atoms. The molecule has 7 heteroatoms.